The van der Waals surface area contributed by atoms with Gasteiger partial charge in [0.2, 0.25) is 0 Å². The summed E-state index contributed by atoms with van der Waals surface area (Å²) in [5, 5.41) is 7.48. The number of allylic oxidation sites excluding steroid dienone is 1. The second kappa shape index (κ2) is 9.98. The molecule has 1 aliphatic carbocycles. The zero-order valence-electron chi connectivity index (χ0n) is 22.1. The Labute approximate surface area is 226 Å². The lowest BCUT2D eigenvalue weighted by Gasteiger charge is -2.30. The topological polar surface area (TPSA) is 89.8 Å². The molecule has 0 radical (unpaired) electrons. The van der Waals surface area contributed by atoms with Crippen molar-refractivity contribution in [1.29, 1.82) is 0 Å². The highest BCUT2D eigenvalue weighted by molar-refractivity contribution is 6.01. The smallest absolute Gasteiger partial charge is 0.198 e. The predicted octanol–water partition coefficient (Wildman–Crippen LogP) is 6.57. The lowest BCUT2D eigenvalue weighted by atomic mass is 9.78. The largest absolute Gasteiger partial charge is 0.493 e. The summed E-state index contributed by atoms with van der Waals surface area (Å²) in [7, 11) is 1.62. The van der Waals surface area contributed by atoms with Crippen molar-refractivity contribution in [1.82, 2.24) is 0 Å². The third-order valence-electron chi connectivity index (χ3n) is 7.35. The summed E-state index contributed by atoms with van der Waals surface area (Å²) >= 11 is 0. The first-order valence-electron chi connectivity index (χ1n) is 13.2. The highest BCUT2D eigenvalue weighted by Gasteiger charge is 2.37. The Morgan fingerprint density at radius 2 is 1.69 bits per heavy atom. The van der Waals surface area contributed by atoms with E-state index in [1.54, 1.807) is 19.2 Å². The summed E-state index contributed by atoms with van der Waals surface area (Å²) < 4.78 is 17.3. The lowest BCUT2D eigenvalue weighted by Crippen LogP contribution is -2.29. The van der Waals surface area contributed by atoms with Crippen molar-refractivity contribution in [2.45, 2.75) is 44.8 Å². The van der Waals surface area contributed by atoms with Crippen LogP contribution in [-0.4, -0.2) is 19.0 Å². The predicted molar refractivity (Wildman–Crippen MR) is 152 cm³/mol. The van der Waals surface area contributed by atoms with Crippen molar-refractivity contribution in [3.63, 3.8) is 0 Å². The summed E-state index contributed by atoms with van der Waals surface area (Å²) in [6.45, 7) is 3.94. The minimum atomic E-state index is -0.651. The fraction of sp³-hybridized carbons (Fsp3) is 0.250. The van der Waals surface area contributed by atoms with Crippen molar-refractivity contribution >= 4 is 28.1 Å². The number of rotatable bonds is 5. The number of Topliss-reactive ketones (excluding diaryl/α,β-unsaturated/α-hetero) is 1. The third kappa shape index (κ3) is 4.54. The molecule has 6 rings (SSSR count). The van der Waals surface area contributed by atoms with E-state index >= 15 is 0 Å². The second-order valence-corrected chi connectivity index (χ2v) is 10.3. The number of hydrogen-bond acceptors (Lipinski definition) is 7. The van der Waals surface area contributed by atoms with E-state index in [-0.39, 0.29) is 23.2 Å². The van der Waals surface area contributed by atoms with Crippen molar-refractivity contribution in [3.05, 3.63) is 106 Å². The number of ketones is 1. The van der Waals surface area contributed by atoms with Crippen LogP contribution in [0.4, 0.5) is 11.4 Å². The fourth-order valence-electron chi connectivity index (χ4n) is 5.54. The monoisotopic (exact) mass is 522 g/mol. The maximum absolute atomic E-state index is 13.9. The van der Waals surface area contributed by atoms with E-state index in [9.17, 15) is 9.59 Å². The zero-order valence-corrected chi connectivity index (χ0v) is 22.1. The highest BCUT2D eigenvalue weighted by Crippen LogP contribution is 2.45. The van der Waals surface area contributed by atoms with E-state index in [2.05, 4.69) is 10.6 Å². The van der Waals surface area contributed by atoms with Crippen LogP contribution in [0.5, 0.6) is 11.5 Å². The van der Waals surface area contributed by atoms with Gasteiger partial charge < -0.3 is 24.5 Å². The van der Waals surface area contributed by atoms with Gasteiger partial charge in [-0.2, -0.15) is 0 Å². The van der Waals surface area contributed by atoms with E-state index < -0.39 is 6.04 Å². The molecule has 2 unspecified atom stereocenters. The van der Waals surface area contributed by atoms with Crippen molar-refractivity contribution in [2.75, 3.05) is 17.7 Å². The Balaban J connectivity index is 1.44. The van der Waals surface area contributed by atoms with Crippen molar-refractivity contribution in [2.24, 2.45) is 0 Å². The molecule has 3 aromatic carbocycles. The van der Waals surface area contributed by atoms with Crippen LogP contribution >= 0.6 is 0 Å². The molecule has 0 spiro atoms. The summed E-state index contributed by atoms with van der Waals surface area (Å²) in [6, 6.07) is 20.2. The van der Waals surface area contributed by atoms with Gasteiger partial charge in [-0.3, -0.25) is 9.59 Å². The fourth-order valence-corrected chi connectivity index (χ4v) is 5.54. The SMILES string of the molecule is COc1cc(C2CC(=O)C3=C(C2)Nc2ccccc2NC3c2coc3ccccc3c2=O)ccc1OC(C)C. The van der Waals surface area contributed by atoms with E-state index in [1.807, 2.05) is 68.4 Å². The quantitative estimate of drug-likeness (QED) is 0.306. The third-order valence-corrected chi connectivity index (χ3v) is 7.35. The van der Waals surface area contributed by atoms with Gasteiger partial charge in [0, 0.05) is 17.7 Å². The molecule has 0 bridgehead atoms. The molecule has 4 aromatic rings. The standard InChI is InChI=1S/C32H30N2O5/c1-18(2)39-28-13-12-19(16-29(28)37-3)20-14-25-30(26(35)15-20)31(34-24-10-6-5-9-23(24)33-25)22-17-38-27-11-7-4-8-21(27)32(22)36/h4-13,16-18,20,31,33-34H,14-15H2,1-3H3. The van der Waals surface area contributed by atoms with Gasteiger partial charge in [-0.1, -0.05) is 30.3 Å². The molecule has 1 aliphatic heterocycles. The maximum atomic E-state index is 13.9. The molecule has 2 heterocycles. The number of carbonyl (C=O) groups is 1. The van der Waals surface area contributed by atoms with Gasteiger partial charge in [0.25, 0.3) is 0 Å². The molecule has 0 amide bonds. The van der Waals surface area contributed by atoms with E-state index in [1.165, 1.54) is 6.26 Å². The first kappa shape index (κ1) is 24.8. The van der Waals surface area contributed by atoms with Gasteiger partial charge in [0.1, 0.15) is 11.8 Å². The van der Waals surface area contributed by atoms with Gasteiger partial charge >= 0.3 is 0 Å². The number of hydrogen-bond donors (Lipinski definition) is 2. The number of nitrogens with one attached hydrogen (secondary N) is 2. The molecule has 0 saturated carbocycles. The Hall–Kier alpha value is -4.52. The maximum Gasteiger partial charge on any atom is 0.198 e. The number of ether oxygens (including phenoxy) is 2. The number of fused-ring (bicyclic) bond motifs is 2. The van der Waals surface area contributed by atoms with Gasteiger partial charge in [0.15, 0.2) is 22.7 Å². The summed E-state index contributed by atoms with van der Waals surface area (Å²) in [4.78, 5) is 27.5. The first-order chi connectivity index (χ1) is 18.9. The van der Waals surface area contributed by atoms with Crippen LogP contribution in [-0.2, 0) is 4.79 Å². The van der Waals surface area contributed by atoms with Crippen LogP contribution in [0.25, 0.3) is 11.0 Å². The number of methoxy groups -OCH3 is 1. The summed E-state index contributed by atoms with van der Waals surface area (Å²) in [6.07, 6.45) is 2.40. The highest BCUT2D eigenvalue weighted by atomic mass is 16.5. The van der Waals surface area contributed by atoms with Gasteiger partial charge in [-0.25, -0.2) is 0 Å². The van der Waals surface area contributed by atoms with Crippen LogP contribution in [0.1, 0.15) is 49.8 Å². The lowest BCUT2D eigenvalue weighted by molar-refractivity contribution is -0.116. The van der Waals surface area contributed by atoms with Gasteiger partial charge in [-0.15, -0.1) is 0 Å². The minimum Gasteiger partial charge on any atom is -0.493 e. The number of carbonyl (C=O) groups excluding carboxylic acids is 1. The molecule has 0 fully saturated rings. The molecular weight excluding hydrogens is 492 g/mol. The zero-order chi connectivity index (χ0) is 27.1. The number of benzene rings is 3. The molecule has 39 heavy (non-hydrogen) atoms. The van der Waals surface area contributed by atoms with Crippen LogP contribution in [0.3, 0.4) is 0 Å². The summed E-state index contributed by atoms with van der Waals surface area (Å²) in [5.41, 5.74) is 4.79. The molecule has 2 aliphatic rings. The molecule has 2 atom stereocenters. The number of anilines is 2. The van der Waals surface area contributed by atoms with E-state index in [0.717, 1.165) is 22.6 Å². The Morgan fingerprint density at radius 3 is 2.49 bits per heavy atom. The van der Waals surface area contributed by atoms with E-state index in [4.69, 9.17) is 13.9 Å². The van der Waals surface area contributed by atoms with Gasteiger partial charge in [-0.05, 0) is 68.1 Å². The molecule has 1 aromatic heterocycles. The second-order valence-electron chi connectivity index (χ2n) is 10.3. The molecular formula is C32H30N2O5. The molecule has 0 saturated heterocycles. The van der Waals surface area contributed by atoms with Crippen LogP contribution in [0, 0.1) is 0 Å². The first-order valence-corrected chi connectivity index (χ1v) is 13.2. The average molecular weight is 523 g/mol. The Morgan fingerprint density at radius 1 is 0.923 bits per heavy atom. The molecule has 198 valence electrons. The normalized spacial score (nSPS) is 18.6. The van der Waals surface area contributed by atoms with Crippen molar-refractivity contribution in [3.8, 4) is 11.5 Å². The molecule has 2 N–H and O–H groups in total. The van der Waals surface area contributed by atoms with Crippen LogP contribution < -0.4 is 25.5 Å². The Bertz CT molecular complexity index is 1670. The van der Waals surface area contributed by atoms with E-state index in [0.29, 0.717) is 46.4 Å². The van der Waals surface area contributed by atoms with Gasteiger partial charge in [0.05, 0.1) is 41.6 Å². The average Bonchev–Trinajstić information content (AvgIpc) is 3.10. The Kier molecular flexibility index (Phi) is 6.35. The van der Waals surface area contributed by atoms with Crippen LogP contribution in [0.2, 0.25) is 0 Å². The molecule has 7 nitrogen and oxygen atoms in total. The molecule has 7 heteroatoms. The number of para-hydroxylation sites is 3. The van der Waals surface area contributed by atoms with Crippen molar-refractivity contribution < 1.29 is 18.7 Å². The van der Waals surface area contributed by atoms with Crippen LogP contribution in [0.15, 0.2) is 93.5 Å². The summed E-state index contributed by atoms with van der Waals surface area (Å²) in [5.74, 6) is 1.23. The minimum absolute atomic E-state index is 0.0150.